The summed E-state index contributed by atoms with van der Waals surface area (Å²) >= 11 is 0. The number of hydrogen-bond donors (Lipinski definition) is 2. The highest BCUT2D eigenvalue weighted by molar-refractivity contribution is 5.67. The first-order valence-corrected chi connectivity index (χ1v) is 7.63. The molecule has 0 fully saturated rings. The Morgan fingerprint density at radius 3 is 1.32 bits per heavy atom. The molecule has 0 spiro atoms. The van der Waals surface area contributed by atoms with Gasteiger partial charge in [0.2, 0.25) is 0 Å². The van der Waals surface area contributed by atoms with Crippen molar-refractivity contribution in [3.8, 4) is 0 Å². The number of carboxylic acid groups (broad SMARTS) is 2. The van der Waals surface area contributed by atoms with Gasteiger partial charge in [0.1, 0.15) is 0 Å². The molecule has 0 aliphatic carbocycles. The average Bonchev–Trinajstić information content (AvgIpc) is 2.28. The van der Waals surface area contributed by atoms with Gasteiger partial charge in [-0.15, -0.1) is 0 Å². The quantitative estimate of drug-likeness (QED) is 0.507. The maximum absolute atomic E-state index is 10.7. The van der Waals surface area contributed by atoms with Crippen molar-refractivity contribution in [1.29, 1.82) is 0 Å². The summed E-state index contributed by atoms with van der Waals surface area (Å²) in [4.78, 5) is 21.3. The van der Waals surface area contributed by atoms with Crippen molar-refractivity contribution in [1.82, 2.24) is 0 Å². The van der Waals surface area contributed by atoms with Crippen LogP contribution in [0.1, 0.15) is 53.4 Å². The molecular formula is C16H30O6. The second kappa shape index (κ2) is 9.79. The standard InChI is InChI=1S/C16H30O6/c1-15(2,11-13(17)18)5-7-21-9-10-22-8-6-16(3,4)12-14(19)20/h5-12H2,1-4H3,(H,17,18)(H,19,20). The zero-order chi connectivity index (χ0) is 17.2. The van der Waals surface area contributed by atoms with Crippen molar-refractivity contribution in [2.75, 3.05) is 26.4 Å². The number of carbonyl (C=O) groups is 2. The fourth-order valence-corrected chi connectivity index (χ4v) is 2.01. The monoisotopic (exact) mass is 318 g/mol. The van der Waals surface area contributed by atoms with Gasteiger partial charge in [0, 0.05) is 13.2 Å². The molecule has 0 bridgehead atoms. The molecule has 130 valence electrons. The van der Waals surface area contributed by atoms with E-state index in [0.717, 1.165) is 0 Å². The lowest BCUT2D eigenvalue weighted by atomic mass is 9.86. The van der Waals surface area contributed by atoms with Crippen molar-refractivity contribution < 1.29 is 29.3 Å². The highest BCUT2D eigenvalue weighted by Crippen LogP contribution is 2.25. The van der Waals surface area contributed by atoms with Crippen molar-refractivity contribution in [3.63, 3.8) is 0 Å². The molecule has 0 unspecified atom stereocenters. The van der Waals surface area contributed by atoms with Crippen LogP contribution in [0.4, 0.5) is 0 Å². The first kappa shape index (κ1) is 20.9. The van der Waals surface area contributed by atoms with Crippen molar-refractivity contribution in [2.24, 2.45) is 10.8 Å². The zero-order valence-electron chi connectivity index (χ0n) is 14.2. The Balaban J connectivity index is 3.59. The van der Waals surface area contributed by atoms with Crippen molar-refractivity contribution in [3.05, 3.63) is 0 Å². The van der Waals surface area contributed by atoms with Crippen LogP contribution in [0.2, 0.25) is 0 Å². The Morgan fingerprint density at radius 1 is 0.727 bits per heavy atom. The van der Waals surface area contributed by atoms with E-state index in [0.29, 0.717) is 39.3 Å². The predicted molar refractivity (Wildman–Crippen MR) is 82.9 cm³/mol. The van der Waals surface area contributed by atoms with E-state index in [1.54, 1.807) is 0 Å². The van der Waals surface area contributed by atoms with E-state index in [1.807, 2.05) is 27.7 Å². The van der Waals surface area contributed by atoms with E-state index in [-0.39, 0.29) is 23.7 Å². The van der Waals surface area contributed by atoms with E-state index in [2.05, 4.69) is 0 Å². The highest BCUT2D eigenvalue weighted by Gasteiger charge is 2.22. The highest BCUT2D eigenvalue weighted by atomic mass is 16.5. The van der Waals surface area contributed by atoms with Crippen LogP contribution in [-0.4, -0.2) is 48.6 Å². The number of hydrogen-bond acceptors (Lipinski definition) is 4. The molecule has 0 atom stereocenters. The third kappa shape index (κ3) is 12.6. The van der Waals surface area contributed by atoms with Gasteiger partial charge in [-0.1, -0.05) is 27.7 Å². The van der Waals surface area contributed by atoms with Crippen LogP contribution in [0.25, 0.3) is 0 Å². The van der Waals surface area contributed by atoms with E-state index < -0.39 is 11.9 Å². The van der Waals surface area contributed by atoms with Gasteiger partial charge in [-0.3, -0.25) is 9.59 Å². The summed E-state index contributed by atoms with van der Waals surface area (Å²) in [6, 6.07) is 0. The number of aliphatic carboxylic acids is 2. The number of rotatable bonds is 13. The third-order valence-electron chi connectivity index (χ3n) is 3.48. The SMILES string of the molecule is CC(C)(CCOCCOCCC(C)(C)CC(=O)O)CC(=O)O. The first-order chi connectivity index (χ1) is 10.0. The molecule has 2 N–H and O–H groups in total. The molecule has 6 heteroatoms. The molecule has 6 nitrogen and oxygen atoms in total. The molecule has 0 saturated heterocycles. The van der Waals surface area contributed by atoms with Crippen LogP contribution in [0.15, 0.2) is 0 Å². The lowest BCUT2D eigenvalue weighted by Crippen LogP contribution is -2.20. The van der Waals surface area contributed by atoms with E-state index >= 15 is 0 Å². The van der Waals surface area contributed by atoms with Crippen LogP contribution in [-0.2, 0) is 19.1 Å². The topological polar surface area (TPSA) is 93.1 Å². The van der Waals surface area contributed by atoms with Gasteiger partial charge < -0.3 is 19.7 Å². The minimum atomic E-state index is -0.794. The minimum Gasteiger partial charge on any atom is -0.481 e. The molecule has 0 heterocycles. The number of carboxylic acids is 2. The molecule has 0 aliphatic rings. The second-order valence-corrected chi connectivity index (χ2v) is 7.19. The van der Waals surface area contributed by atoms with E-state index in [1.165, 1.54) is 0 Å². The van der Waals surface area contributed by atoms with Gasteiger partial charge >= 0.3 is 11.9 Å². The Morgan fingerprint density at radius 2 is 1.05 bits per heavy atom. The van der Waals surface area contributed by atoms with Crippen LogP contribution < -0.4 is 0 Å². The summed E-state index contributed by atoms with van der Waals surface area (Å²) in [7, 11) is 0. The van der Waals surface area contributed by atoms with Gasteiger partial charge in [0.15, 0.2) is 0 Å². The summed E-state index contributed by atoms with van der Waals surface area (Å²) in [5, 5.41) is 17.5. The Hall–Kier alpha value is -1.14. The fraction of sp³-hybridized carbons (Fsp3) is 0.875. The van der Waals surface area contributed by atoms with Crippen LogP contribution >= 0.6 is 0 Å². The Bertz CT molecular complexity index is 315. The van der Waals surface area contributed by atoms with Crippen LogP contribution in [0.5, 0.6) is 0 Å². The zero-order valence-corrected chi connectivity index (χ0v) is 14.2. The normalized spacial score (nSPS) is 12.4. The largest absolute Gasteiger partial charge is 0.481 e. The molecule has 0 aromatic heterocycles. The third-order valence-corrected chi connectivity index (χ3v) is 3.48. The van der Waals surface area contributed by atoms with Gasteiger partial charge in [-0.2, -0.15) is 0 Å². The second-order valence-electron chi connectivity index (χ2n) is 7.19. The van der Waals surface area contributed by atoms with Gasteiger partial charge in [0.25, 0.3) is 0 Å². The van der Waals surface area contributed by atoms with Gasteiger partial charge in [-0.25, -0.2) is 0 Å². The van der Waals surface area contributed by atoms with Gasteiger partial charge in [-0.05, 0) is 23.7 Å². The lowest BCUT2D eigenvalue weighted by molar-refractivity contribution is -0.140. The maximum atomic E-state index is 10.7. The molecule has 0 aromatic rings. The molecule has 0 aromatic carbocycles. The molecular weight excluding hydrogens is 288 g/mol. The molecule has 0 rings (SSSR count). The van der Waals surface area contributed by atoms with Crippen LogP contribution in [0.3, 0.4) is 0 Å². The average molecular weight is 318 g/mol. The van der Waals surface area contributed by atoms with Crippen LogP contribution in [0, 0.1) is 10.8 Å². The van der Waals surface area contributed by atoms with E-state index in [4.69, 9.17) is 19.7 Å². The maximum Gasteiger partial charge on any atom is 0.303 e. The summed E-state index contributed by atoms with van der Waals surface area (Å²) in [5.74, 6) is -1.59. The predicted octanol–water partition coefficient (Wildman–Crippen LogP) is 2.80. The molecule has 0 aliphatic heterocycles. The Kier molecular flexibility index (Phi) is 9.28. The van der Waals surface area contributed by atoms with Crippen molar-refractivity contribution in [2.45, 2.75) is 53.4 Å². The fourth-order valence-electron chi connectivity index (χ4n) is 2.01. The molecule has 0 radical (unpaired) electrons. The van der Waals surface area contributed by atoms with Crippen molar-refractivity contribution >= 4 is 11.9 Å². The molecule has 22 heavy (non-hydrogen) atoms. The van der Waals surface area contributed by atoms with E-state index in [9.17, 15) is 9.59 Å². The summed E-state index contributed by atoms with van der Waals surface area (Å²) in [6.45, 7) is 9.57. The first-order valence-electron chi connectivity index (χ1n) is 7.63. The lowest BCUT2D eigenvalue weighted by Gasteiger charge is -2.22. The smallest absolute Gasteiger partial charge is 0.303 e. The molecule has 0 amide bonds. The number of ether oxygens (including phenoxy) is 2. The minimum absolute atomic E-state index is 0.130. The summed E-state index contributed by atoms with van der Waals surface area (Å²) in [5.41, 5.74) is -0.541. The summed E-state index contributed by atoms with van der Waals surface area (Å²) in [6.07, 6.45) is 1.63. The summed E-state index contributed by atoms with van der Waals surface area (Å²) < 4.78 is 10.9. The molecule has 0 saturated carbocycles. The van der Waals surface area contributed by atoms with Gasteiger partial charge in [0.05, 0.1) is 26.1 Å². The Labute approximate surface area is 132 Å².